The number of carboxylic acid groups (broad SMARTS) is 1. The van der Waals surface area contributed by atoms with Gasteiger partial charge in [0.25, 0.3) is 11.5 Å². The van der Waals surface area contributed by atoms with Gasteiger partial charge >= 0.3 is 5.97 Å². The van der Waals surface area contributed by atoms with Crippen molar-refractivity contribution in [1.29, 1.82) is 0 Å². The standard InChI is InChI=1S/C13H17BrN2O4/c1-8(2)7-16(4-3-11(17)18)13(20)9-5-10(14)12(19)15-6-9/h5-6,8H,3-4,7H2,1-2H3,(H,15,19)(H,17,18). The van der Waals surface area contributed by atoms with E-state index in [0.29, 0.717) is 12.1 Å². The zero-order valence-corrected chi connectivity index (χ0v) is 12.9. The van der Waals surface area contributed by atoms with Crippen LogP contribution in [0.3, 0.4) is 0 Å². The molecule has 0 atom stereocenters. The number of amides is 1. The van der Waals surface area contributed by atoms with Gasteiger partial charge in [0, 0.05) is 19.3 Å². The summed E-state index contributed by atoms with van der Waals surface area (Å²) in [6.07, 6.45) is 1.23. The summed E-state index contributed by atoms with van der Waals surface area (Å²) < 4.78 is 0.270. The molecule has 0 fully saturated rings. The van der Waals surface area contributed by atoms with Gasteiger partial charge < -0.3 is 15.0 Å². The van der Waals surface area contributed by atoms with Crippen LogP contribution in [0.1, 0.15) is 30.6 Å². The number of H-pyrrole nitrogens is 1. The lowest BCUT2D eigenvalue weighted by Crippen LogP contribution is -2.36. The second-order valence-corrected chi connectivity index (χ2v) is 5.71. The fourth-order valence-corrected chi connectivity index (χ4v) is 2.07. The van der Waals surface area contributed by atoms with Crippen LogP contribution in [0.5, 0.6) is 0 Å². The molecule has 20 heavy (non-hydrogen) atoms. The molecule has 110 valence electrons. The Morgan fingerprint density at radius 2 is 2.10 bits per heavy atom. The van der Waals surface area contributed by atoms with Crippen LogP contribution in [-0.2, 0) is 4.79 Å². The number of hydrogen-bond acceptors (Lipinski definition) is 3. The number of aliphatic carboxylic acids is 1. The number of rotatable bonds is 6. The summed E-state index contributed by atoms with van der Waals surface area (Å²) in [6.45, 7) is 4.50. The van der Waals surface area contributed by atoms with Gasteiger partial charge in [-0.05, 0) is 27.9 Å². The maximum Gasteiger partial charge on any atom is 0.305 e. The molecule has 1 aromatic heterocycles. The smallest absolute Gasteiger partial charge is 0.305 e. The normalized spacial score (nSPS) is 10.6. The molecule has 0 aliphatic carbocycles. The van der Waals surface area contributed by atoms with Gasteiger partial charge in [0.2, 0.25) is 0 Å². The fraction of sp³-hybridized carbons (Fsp3) is 0.462. The molecule has 0 aliphatic rings. The molecule has 7 heteroatoms. The molecule has 2 N–H and O–H groups in total. The summed E-state index contributed by atoms with van der Waals surface area (Å²) in [5.74, 6) is -1.02. The number of hydrogen-bond donors (Lipinski definition) is 2. The van der Waals surface area contributed by atoms with E-state index in [0.717, 1.165) is 0 Å². The number of nitrogens with zero attached hydrogens (tertiary/aromatic N) is 1. The average Bonchev–Trinajstić information content (AvgIpc) is 2.36. The Bertz CT molecular complexity index is 554. The molecule has 0 radical (unpaired) electrons. The maximum absolute atomic E-state index is 12.3. The topological polar surface area (TPSA) is 90.5 Å². The number of carbonyl (C=O) groups is 2. The molecule has 0 spiro atoms. The molecule has 6 nitrogen and oxygen atoms in total. The number of carbonyl (C=O) groups excluding carboxylic acids is 1. The van der Waals surface area contributed by atoms with E-state index < -0.39 is 5.97 Å². The largest absolute Gasteiger partial charge is 0.481 e. The van der Waals surface area contributed by atoms with Gasteiger partial charge in [0.15, 0.2) is 0 Å². The van der Waals surface area contributed by atoms with Crippen molar-refractivity contribution < 1.29 is 14.7 Å². The highest BCUT2D eigenvalue weighted by Crippen LogP contribution is 2.10. The van der Waals surface area contributed by atoms with Crippen molar-refractivity contribution in [2.75, 3.05) is 13.1 Å². The van der Waals surface area contributed by atoms with Crippen LogP contribution in [0.15, 0.2) is 21.5 Å². The number of aromatic amines is 1. The van der Waals surface area contributed by atoms with E-state index >= 15 is 0 Å². The molecule has 1 heterocycles. The molecule has 0 aliphatic heterocycles. The predicted octanol–water partition coefficient (Wildman–Crippen LogP) is 1.71. The SMILES string of the molecule is CC(C)CN(CCC(=O)O)C(=O)c1c[nH]c(=O)c(Br)c1. The van der Waals surface area contributed by atoms with Crippen molar-refractivity contribution in [1.82, 2.24) is 9.88 Å². The third kappa shape index (κ3) is 4.80. The molecular weight excluding hydrogens is 328 g/mol. The average molecular weight is 345 g/mol. The maximum atomic E-state index is 12.3. The molecule has 0 bridgehead atoms. The Hall–Kier alpha value is -1.63. The molecule has 0 unspecified atom stereocenters. The highest BCUT2D eigenvalue weighted by Gasteiger charge is 2.18. The summed E-state index contributed by atoms with van der Waals surface area (Å²) in [7, 11) is 0. The zero-order chi connectivity index (χ0) is 15.3. The second-order valence-electron chi connectivity index (χ2n) is 4.85. The van der Waals surface area contributed by atoms with E-state index in [1.807, 2.05) is 13.8 Å². The third-order valence-electron chi connectivity index (χ3n) is 2.57. The van der Waals surface area contributed by atoms with Crippen molar-refractivity contribution in [3.05, 3.63) is 32.7 Å². The van der Waals surface area contributed by atoms with Crippen molar-refractivity contribution in [3.63, 3.8) is 0 Å². The van der Waals surface area contributed by atoms with Crippen LogP contribution in [-0.4, -0.2) is 40.0 Å². The van der Waals surface area contributed by atoms with E-state index in [9.17, 15) is 14.4 Å². The number of aromatic nitrogens is 1. The molecule has 0 saturated heterocycles. The van der Waals surface area contributed by atoms with Gasteiger partial charge in [-0.2, -0.15) is 0 Å². The first-order valence-corrected chi connectivity index (χ1v) is 7.00. The minimum absolute atomic E-state index is 0.108. The Balaban J connectivity index is 2.93. The number of carboxylic acids is 1. The summed E-state index contributed by atoms with van der Waals surface area (Å²) in [6, 6.07) is 1.44. The van der Waals surface area contributed by atoms with Gasteiger partial charge in [-0.25, -0.2) is 0 Å². The zero-order valence-electron chi connectivity index (χ0n) is 11.4. The molecule has 0 aromatic carbocycles. The van der Waals surface area contributed by atoms with E-state index in [2.05, 4.69) is 20.9 Å². The van der Waals surface area contributed by atoms with E-state index in [1.165, 1.54) is 17.2 Å². The number of halogens is 1. The number of nitrogens with one attached hydrogen (secondary N) is 1. The number of pyridine rings is 1. The van der Waals surface area contributed by atoms with Gasteiger partial charge in [-0.1, -0.05) is 13.8 Å². The van der Waals surface area contributed by atoms with Crippen LogP contribution in [0.4, 0.5) is 0 Å². The molecular formula is C13H17BrN2O4. The van der Waals surface area contributed by atoms with E-state index in [1.54, 1.807) is 0 Å². The first-order chi connectivity index (χ1) is 9.31. The van der Waals surface area contributed by atoms with Crippen molar-refractivity contribution >= 4 is 27.8 Å². The lowest BCUT2D eigenvalue weighted by Gasteiger charge is -2.24. The Morgan fingerprint density at radius 1 is 1.45 bits per heavy atom. The minimum Gasteiger partial charge on any atom is -0.481 e. The summed E-state index contributed by atoms with van der Waals surface area (Å²) in [5, 5.41) is 8.74. The highest BCUT2D eigenvalue weighted by molar-refractivity contribution is 9.10. The van der Waals surface area contributed by atoms with Crippen LogP contribution in [0, 0.1) is 5.92 Å². The summed E-state index contributed by atoms with van der Waals surface area (Å²) in [5.41, 5.74) is 0.00464. The monoisotopic (exact) mass is 344 g/mol. The second kappa shape index (κ2) is 7.23. The van der Waals surface area contributed by atoms with Crippen molar-refractivity contribution in [2.24, 2.45) is 5.92 Å². The molecule has 1 aromatic rings. The highest BCUT2D eigenvalue weighted by atomic mass is 79.9. The first kappa shape index (κ1) is 16.4. The predicted molar refractivity (Wildman–Crippen MR) is 77.8 cm³/mol. The van der Waals surface area contributed by atoms with Gasteiger partial charge in [-0.3, -0.25) is 14.4 Å². The molecule has 1 amide bonds. The quantitative estimate of drug-likeness (QED) is 0.821. The Kier molecular flexibility index (Phi) is 5.94. The Morgan fingerprint density at radius 3 is 2.60 bits per heavy atom. The first-order valence-electron chi connectivity index (χ1n) is 6.20. The minimum atomic E-state index is -0.950. The van der Waals surface area contributed by atoms with Crippen molar-refractivity contribution in [3.8, 4) is 0 Å². The van der Waals surface area contributed by atoms with E-state index in [4.69, 9.17) is 5.11 Å². The Labute approximate surface area is 124 Å². The van der Waals surface area contributed by atoms with E-state index in [-0.39, 0.29) is 34.8 Å². The third-order valence-corrected chi connectivity index (χ3v) is 3.16. The van der Waals surface area contributed by atoms with Crippen molar-refractivity contribution in [2.45, 2.75) is 20.3 Å². The van der Waals surface area contributed by atoms with Gasteiger partial charge in [-0.15, -0.1) is 0 Å². The van der Waals surface area contributed by atoms with Crippen LogP contribution < -0.4 is 5.56 Å². The van der Waals surface area contributed by atoms with Gasteiger partial charge in [0.1, 0.15) is 0 Å². The van der Waals surface area contributed by atoms with Gasteiger partial charge in [0.05, 0.1) is 16.5 Å². The van der Waals surface area contributed by atoms with Crippen LogP contribution >= 0.6 is 15.9 Å². The lowest BCUT2D eigenvalue weighted by molar-refractivity contribution is -0.137. The van der Waals surface area contributed by atoms with Crippen LogP contribution in [0.25, 0.3) is 0 Å². The molecule has 1 rings (SSSR count). The lowest BCUT2D eigenvalue weighted by atomic mass is 10.1. The van der Waals surface area contributed by atoms with Crippen LogP contribution in [0.2, 0.25) is 0 Å². The molecule has 0 saturated carbocycles. The summed E-state index contributed by atoms with van der Waals surface area (Å²) >= 11 is 3.07. The fourth-order valence-electron chi connectivity index (χ4n) is 1.71. The summed E-state index contributed by atoms with van der Waals surface area (Å²) in [4.78, 5) is 38.2.